The predicted molar refractivity (Wildman–Crippen MR) is 149 cm³/mol. The number of aromatic nitrogens is 1. The Kier molecular flexibility index (Phi) is 4.82. The van der Waals surface area contributed by atoms with Gasteiger partial charge in [0, 0.05) is 10.8 Å². The zero-order chi connectivity index (χ0) is 23.6. The zero-order valence-electron chi connectivity index (χ0n) is 20.3. The van der Waals surface area contributed by atoms with Gasteiger partial charge in [0.15, 0.2) is 0 Å². The third kappa shape index (κ3) is 3.02. The fraction of sp³-hybridized carbons (Fsp3) is 0.156. The Morgan fingerprint density at radius 3 is 1.82 bits per heavy atom. The molecule has 0 atom stereocenters. The molecule has 2 heteroatoms. The van der Waals surface area contributed by atoms with E-state index in [-0.39, 0.29) is 0 Å². The van der Waals surface area contributed by atoms with Crippen LogP contribution in [0.1, 0.15) is 27.8 Å². The summed E-state index contributed by atoms with van der Waals surface area (Å²) in [6.45, 7) is 11.1. The van der Waals surface area contributed by atoms with Crippen LogP contribution in [0, 0.1) is 34.6 Å². The molecule has 0 saturated heterocycles. The first-order valence-electron chi connectivity index (χ1n) is 11.8. The number of rotatable bonds is 2. The minimum atomic E-state index is 1.11. The summed E-state index contributed by atoms with van der Waals surface area (Å²) in [6.07, 6.45) is 0. The van der Waals surface area contributed by atoms with Gasteiger partial charge in [0.1, 0.15) is 0 Å². The Bertz CT molecular complexity index is 1710. The van der Waals surface area contributed by atoms with E-state index >= 15 is 0 Å². The second-order valence-corrected chi connectivity index (χ2v) is 10.4. The Balaban J connectivity index is 1.86. The maximum absolute atomic E-state index is 4.89. The summed E-state index contributed by atoms with van der Waals surface area (Å²) in [7, 11) is 0. The predicted octanol–water partition coefficient (Wildman–Crippen LogP) is 9.48. The van der Waals surface area contributed by atoms with Gasteiger partial charge in [0.25, 0.3) is 0 Å². The molecule has 5 aromatic carbocycles. The van der Waals surface area contributed by atoms with Crippen LogP contribution in [0.5, 0.6) is 0 Å². The molecule has 0 saturated carbocycles. The van der Waals surface area contributed by atoms with Crippen molar-refractivity contribution in [2.75, 3.05) is 0 Å². The van der Waals surface area contributed by atoms with E-state index in [1.807, 2.05) is 5.51 Å². The van der Waals surface area contributed by atoms with E-state index in [2.05, 4.69) is 101 Å². The molecule has 0 bridgehead atoms. The lowest BCUT2D eigenvalue weighted by molar-refractivity contribution is 1.32. The fourth-order valence-electron chi connectivity index (χ4n) is 5.92. The third-order valence-corrected chi connectivity index (χ3v) is 7.99. The van der Waals surface area contributed by atoms with E-state index in [1.165, 1.54) is 76.3 Å². The molecule has 1 aromatic heterocycles. The van der Waals surface area contributed by atoms with E-state index in [4.69, 9.17) is 4.98 Å². The van der Waals surface area contributed by atoms with Crippen LogP contribution >= 0.6 is 11.3 Å². The summed E-state index contributed by atoms with van der Waals surface area (Å²) in [4.78, 5) is 4.89. The molecule has 6 rings (SSSR count). The van der Waals surface area contributed by atoms with Crippen molar-refractivity contribution < 1.29 is 0 Å². The van der Waals surface area contributed by atoms with Gasteiger partial charge in [-0.2, -0.15) is 0 Å². The highest BCUT2D eigenvalue weighted by molar-refractivity contribution is 7.18. The highest BCUT2D eigenvalue weighted by Crippen LogP contribution is 2.46. The maximum Gasteiger partial charge on any atom is 0.0897 e. The molecule has 0 aliphatic heterocycles. The summed E-state index contributed by atoms with van der Waals surface area (Å²) >= 11 is 1.75. The van der Waals surface area contributed by atoms with Crippen molar-refractivity contribution in [1.29, 1.82) is 0 Å². The summed E-state index contributed by atoms with van der Waals surface area (Å²) < 4.78 is 1.27. The van der Waals surface area contributed by atoms with Gasteiger partial charge < -0.3 is 0 Å². The molecular formula is C32H27NS. The van der Waals surface area contributed by atoms with E-state index in [1.54, 1.807) is 11.3 Å². The Hall–Kier alpha value is -3.49. The Morgan fingerprint density at radius 2 is 1.15 bits per heavy atom. The van der Waals surface area contributed by atoms with Crippen LogP contribution < -0.4 is 0 Å². The molecule has 1 nitrogen and oxygen atoms in total. The highest BCUT2D eigenvalue weighted by atomic mass is 32.1. The third-order valence-electron chi connectivity index (χ3n) is 7.14. The van der Waals surface area contributed by atoms with Gasteiger partial charge in [-0.1, -0.05) is 72.3 Å². The summed E-state index contributed by atoms with van der Waals surface area (Å²) in [5.74, 6) is 0. The van der Waals surface area contributed by atoms with E-state index < -0.39 is 0 Å². The van der Waals surface area contributed by atoms with Crippen molar-refractivity contribution in [3.05, 3.63) is 100 Å². The Morgan fingerprint density at radius 1 is 0.588 bits per heavy atom. The summed E-state index contributed by atoms with van der Waals surface area (Å²) in [6, 6.07) is 24.7. The van der Waals surface area contributed by atoms with E-state index in [0.29, 0.717) is 0 Å². The van der Waals surface area contributed by atoms with Crippen molar-refractivity contribution in [1.82, 2.24) is 4.98 Å². The second-order valence-electron chi connectivity index (χ2n) is 9.53. The van der Waals surface area contributed by atoms with Gasteiger partial charge in [0.2, 0.25) is 0 Å². The van der Waals surface area contributed by atoms with E-state index in [0.717, 1.165) is 5.52 Å². The molecule has 34 heavy (non-hydrogen) atoms. The highest BCUT2D eigenvalue weighted by Gasteiger charge is 2.20. The van der Waals surface area contributed by atoms with Crippen molar-refractivity contribution in [3.63, 3.8) is 0 Å². The molecule has 0 N–H and O–H groups in total. The van der Waals surface area contributed by atoms with Gasteiger partial charge in [0.05, 0.1) is 15.7 Å². The topological polar surface area (TPSA) is 12.9 Å². The number of fused-ring (bicyclic) bond motifs is 6. The van der Waals surface area contributed by atoms with E-state index in [9.17, 15) is 0 Å². The molecule has 0 amide bonds. The number of thiazole rings is 1. The molecule has 0 unspecified atom stereocenters. The van der Waals surface area contributed by atoms with Crippen LogP contribution in [0.3, 0.4) is 0 Å². The van der Waals surface area contributed by atoms with Crippen LogP contribution in [0.15, 0.2) is 72.2 Å². The quantitative estimate of drug-likeness (QED) is 0.236. The maximum atomic E-state index is 4.89. The van der Waals surface area contributed by atoms with Crippen LogP contribution in [0.25, 0.3) is 54.0 Å². The number of hydrogen-bond acceptors (Lipinski definition) is 2. The standard InChI is InChI=1S/C32H27NS/c1-18-15-21(4)28(22(5)16-18)23-11-8-14-26-29(23)25-13-7-12-24(27-19(2)9-6-10-20(27)3)30(25)32-31(26)33-17-34-32/h6-17H,1-5H3. The normalized spacial score (nSPS) is 11.7. The van der Waals surface area contributed by atoms with Crippen molar-refractivity contribution in [2.24, 2.45) is 0 Å². The minimum absolute atomic E-state index is 1.11. The van der Waals surface area contributed by atoms with Crippen LogP contribution in [-0.4, -0.2) is 4.98 Å². The summed E-state index contributed by atoms with van der Waals surface area (Å²) in [5.41, 5.74) is 14.9. The first-order chi connectivity index (χ1) is 16.5. The molecule has 0 aliphatic rings. The Labute approximate surface area is 204 Å². The second kappa shape index (κ2) is 7.78. The number of nitrogens with zero attached hydrogens (tertiary/aromatic N) is 1. The van der Waals surface area contributed by atoms with Gasteiger partial charge >= 0.3 is 0 Å². The monoisotopic (exact) mass is 457 g/mol. The van der Waals surface area contributed by atoms with Crippen LogP contribution in [0.4, 0.5) is 0 Å². The smallest absolute Gasteiger partial charge is 0.0897 e. The molecule has 0 spiro atoms. The molecular weight excluding hydrogens is 430 g/mol. The average molecular weight is 458 g/mol. The first-order valence-corrected chi connectivity index (χ1v) is 12.7. The zero-order valence-corrected chi connectivity index (χ0v) is 21.1. The first kappa shape index (κ1) is 21.1. The van der Waals surface area contributed by atoms with Gasteiger partial charge in [-0.3, -0.25) is 0 Å². The fourth-order valence-corrected chi connectivity index (χ4v) is 6.80. The molecule has 1 heterocycles. The van der Waals surface area contributed by atoms with Gasteiger partial charge in [-0.25, -0.2) is 4.98 Å². The van der Waals surface area contributed by atoms with Crippen molar-refractivity contribution in [3.8, 4) is 22.3 Å². The number of aryl methyl sites for hydroxylation is 5. The minimum Gasteiger partial charge on any atom is -0.244 e. The largest absolute Gasteiger partial charge is 0.244 e. The molecule has 0 fully saturated rings. The lowest BCUT2D eigenvalue weighted by Crippen LogP contribution is -1.94. The van der Waals surface area contributed by atoms with Crippen molar-refractivity contribution in [2.45, 2.75) is 34.6 Å². The van der Waals surface area contributed by atoms with Crippen LogP contribution in [-0.2, 0) is 0 Å². The lowest BCUT2D eigenvalue weighted by atomic mass is 9.86. The number of benzene rings is 5. The molecule has 6 aromatic rings. The number of hydrogen-bond donors (Lipinski definition) is 0. The van der Waals surface area contributed by atoms with Gasteiger partial charge in [-0.05, 0) is 89.9 Å². The molecule has 0 radical (unpaired) electrons. The SMILES string of the molecule is Cc1cc(C)c(-c2cccc3c4ncsc4c4c(-c5c(C)cccc5C)cccc4c23)c(C)c1. The average Bonchev–Trinajstić information content (AvgIpc) is 3.28. The van der Waals surface area contributed by atoms with Gasteiger partial charge in [-0.15, -0.1) is 11.3 Å². The lowest BCUT2D eigenvalue weighted by Gasteiger charge is -2.18. The summed E-state index contributed by atoms with van der Waals surface area (Å²) in [5, 5.41) is 5.17. The molecule has 0 aliphatic carbocycles. The van der Waals surface area contributed by atoms with Crippen LogP contribution in [0.2, 0.25) is 0 Å². The van der Waals surface area contributed by atoms with Crippen molar-refractivity contribution >= 4 is 43.1 Å². The molecule has 166 valence electrons.